The van der Waals surface area contributed by atoms with Gasteiger partial charge in [-0.25, -0.2) is 4.79 Å². The van der Waals surface area contributed by atoms with Crippen LogP contribution in [0.2, 0.25) is 0 Å². The highest BCUT2D eigenvalue weighted by Gasteiger charge is 2.34. The fourth-order valence-electron chi connectivity index (χ4n) is 2.79. The monoisotopic (exact) mass is 440 g/mol. The Hall–Kier alpha value is -3.83. The smallest absolute Gasteiger partial charge is 0.406 e. The van der Waals surface area contributed by atoms with Crippen molar-refractivity contribution in [3.63, 3.8) is 0 Å². The van der Waals surface area contributed by atoms with Gasteiger partial charge in [0.25, 0.3) is 11.6 Å². The van der Waals surface area contributed by atoms with Crippen molar-refractivity contribution >= 4 is 17.6 Å². The van der Waals surface area contributed by atoms with Crippen molar-refractivity contribution in [1.29, 1.82) is 0 Å². The number of hydrogen-bond acceptors (Lipinski definition) is 7. The third kappa shape index (κ3) is 5.62. The lowest BCUT2D eigenvalue weighted by molar-refractivity contribution is -0.385. The predicted molar refractivity (Wildman–Crippen MR) is 97.4 cm³/mol. The molecule has 0 atom stereocenters. The second-order valence-electron chi connectivity index (χ2n) is 6.41. The molecule has 0 aromatic heterocycles. The Bertz CT molecular complexity index is 996. The molecule has 0 fully saturated rings. The summed E-state index contributed by atoms with van der Waals surface area (Å²) in [7, 11) is 0. The van der Waals surface area contributed by atoms with Gasteiger partial charge in [-0.3, -0.25) is 14.9 Å². The zero-order valence-corrected chi connectivity index (χ0v) is 15.8. The van der Waals surface area contributed by atoms with E-state index >= 15 is 0 Å². The first-order chi connectivity index (χ1) is 14.6. The first-order valence-corrected chi connectivity index (χ1v) is 8.77. The van der Waals surface area contributed by atoms with Crippen molar-refractivity contribution < 1.29 is 41.9 Å². The van der Waals surface area contributed by atoms with Crippen molar-refractivity contribution in [3.05, 3.63) is 63.7 Å². The molecule has 164 valence electrons. The number of benzene rings is 2. The van der Waals surface area contributed by atoms with Crippen molar-refractivity contribution in [2.24, 2.45) is 0 Å². The molecule has 2 aromatic carbocycles. The molecule has 0 saturated carbocycles. The zero-order valence-electron chi connectivity index (χ0n) is 15.8. The van der Waals surface area contributed by atoms with Gasteiger partial charge in [-0.15, -0.1) is 0 Å². The first kappa shape index (κ1) is 21.9. The molecule has 1 aliphatic heterocycles. The van der Waals surface area contributed by atoms with Gasteiger partial charge in [0.1, 0.15) is 12.1 Å². The number of alkyl halides is 3. The van der Waals surface area contributed by atoms with Crippen LogP contribution in [0.1, 0.15) is 15.9 Å². The van der Waals surface area contributed by atoms with Crippen LogP contribution in [0.4, 0.5) is 18.9 Å². The van der Waals surface area contributed by atoms with Crippen molar-refractivity contribution in [2.75, 3.05) is 19.9 Å². The Morgan fingerprint density at radius 2 is 1.77 bits per heavy atom. The van der Waals surface area contributed by atoms with Gasteiger partial charge in [-0.05, 0) is 5.56 Å². The number of halogens is 3. The van der Waals surface area contributed by atoms with E-state index in [1.54, 1.807) is 30.3 Å². The molecule has 2 aromatic rings. The molecular formula is C19H15F3N2O7. The van der Waals surface area contributed by atoms with E-state index < -0.39 is 47.4 Å². The number of ether oxygens (including phenoxy) is 3. The Balaban J connectivity index is 1.73. The minimum atomic E-state index is -4.68. The van der Waals surface area contributed by atoms with E-state index in [0.29, 0.717) is 10.5 Å². The second kappa shape index (κ2) is 8.90. The van der Waals surface area contributed by atoms with Crippen molar-refractivity contribution in [2.45, 2.75) is 12.7 Å². The molecule has 0 spiro atoms. The van der Waals surface area contributed by atoms with Gasteiger partial charge in [0.15, 0.2) is 18.1 Å². The standard InChI is InChI=1S/C19H15F3N2O7/c20-19(21,22)10-23(8-12-4-2-1-3-5-12)17(25)9-29-18(26)13-6-15-16(31-11-30-15)7-14(13)24(27)28/h1-7H,8-11H2. The maximum Gasteiger partial charge on any atom is 0.406 e. The number of carbonyl (C=O) groups excluding carboxylic acids is 2. The molecule has 0 saturated heterocycles. The van der Waals surface area contributed by atoms with Gasteiger partial charge < -0.3 is 19.1 Å². The fraction of sp³-hybridized carbons (Fsp3) is 0.263. The summed E-state index contributed by atoms with van der Waals surface area (Å²) in [5.41, 5.74) is -0.733. The Labute approximate surface area is 173 Å². The van der Waals surface area contributed by atoms with E-state index in [9.17, 15) is 32.9 Å². The van der Waals surface area contributed by atoms with E-state index in [1.807, 2.05) is 0 Å². The van der Waals surface area contributed by atoms with Crippen LogP contribution in [0, 0.1) is 10.1 Å². The summed E-state index contributed by atoms with van der Waals surface area (Å²) >= 11 is 0. The Morgan fingerprint density at radius 3 is 2.39 bits per heavy atom. The van der Waals surface area contributed by atoms with Crippen LogP contribution < -0.4 is 9.47 Å². The van der Waals surface area contributed by atoms with Gasteiger partial charge in [0.2, 0.25) is 6.79 Å². The highest BCUT2D eigenvalue weighted by atomic mass is 19.4. The van der Waals surface area contributed by atoms with E-state index in [0.717, 1.165) is 12.1 Å². The SMILES string of the molecule is O=C(OCC(=O)N(Cc1ccccc1)CC(F)(F)F)c1cc2c(cc1[N+](=O)[O-])OCO2. The summed E-state index contributed by atoms with van der Waals surface area (Å²) in [5.74, 6) is -2.26. The largest absolute Gasteiger partial charge is 0.454 e. The maximum absolute atomic E-state index is 12.9. The van der Waals surface area contributed by atoms with Crippen LogP contribution >= 0.6 is 0 Å². The third-order valence-electron chi connectivity index (χ3n) is 4.17. The van der Waals surface area contributed by atoms with Crippen LogP contribution in [0.15, 0.2) is 42.5 Å². The number of carbonyl (C=O) groups is 2. The minimum Gasteiger partial charge on any atom is -0.454 e. The van der Waals surface area contributed by atoms with Crippen LogP contribution in [0.25, 0.3) is 0 Å². The average Bonchev–Trinajstić information content (AvgIpc) is 3.17. The quantitative estimate of drug-likeness (QED) is 0.370. The van der Waals surface area contributed by atoms with E-state index in [4.69, 9.17) is 14.2 Å². The lowest BCUT2D eigenvalue weighted by atomic mass is 10.1. The maximum atomic E-state index is 12.9. The number of esters is 1. The Kier molecular flexibility index (Phi) is 6.28. The summed E-state index contributed by atoms with van der Waals surface area (Å²) in [5, 5.41) is 11.2. The van der Waals surface area contributed by atoms with Gasteiger partial charge >= 0.3 is 12.1 Å². The van der Waals surface area contributed by atoms with Crippen LogP contribution in [0.3, 0.4) is 0 Å². The van der Waals surface area contributed by atoms with Crippen LogP contribution in [-0.2, 0) is 16.1 Å². The number of nitrogens with zero attached hydrogens (tertiary/aromatic N) is 2. The average molecular weight is 440 g/mol. The molecule has 1 amide bonds. The predicted octanol–water partition coefficient (Wildman–Crippen LogP) is 3.07. The second-order valence-corrected chi connectivity index (χ2v) is 6.41. The number of nitro groups is 1. The fourth-order valence-corrected chi connectivity index (χ4v) is 2.79. The van der Waals surface area contributed by atoms with Crippen molar-refractivity contribution in [3.8, 4) is 11.5 Å². The van der Waals surface area contributed by atoms with Crippen LogP contribution in [0.5, 0.6) is 11.5 Å². The van der Waals surface area contributed by atoms with E-state index in [-0.39, 0.29) is 24.8 Å². The number of rotatable bonds is 7. The molecule has 12 heteroatoms. The molecule has 31 heavy (non-hydrogen) atoms. The summed E-state index contributed by atoms with van der Waals surface area (Å²) in [6, 6.07) is 9.93. The molecule has 1 aliphatic rings. The summed E-state index contributed by atoms with van der Waals surface area (Å²) in [4.78, 5) is 35.5. The van der Waals surface area contributed by atoms with Crippen molar-refractivity contribution in [1.82, 2.24) is 4.90 Å². The topological polar surface area (TPSA) is 108 Å². The number of amides is 1. The summed E-state index contributed by atoms with van der Waals surface area (Å²) < 4.78 is 53.5. The highest BCUT2D eigenvalue weighted by Crippen LogP contribution is 2.38. The molecule has 0 bridgehead atoms. The molecule has 0 unspecified atom stereocenters. The van der Waals surface area contributed by atoms with Gasteiger partial charge in [0.05, 0.1) is 11.0 Å². The Morgan fingerprint density at radius 1 is 1.13 bits per heavy atom. The highest BCUT2D eigenvalue weighted by molar-refractivity contribution is 5.96. The van der Waals surface area contributed by atoms with Gasteiger partial charge in [0, 0.05) is 12.6 Å². The molecule has 1 heterocycles. The normalized spacial score (nSPS) is 12.4. The zero-order chi connectivity index (χ0) is 22.6. The third-order valence-corrected chi connectivity index (χ3v) is 4.17. The number of nitro benzene ring substituents is 1. The summed E-state index contributed by atoms with van der Waals surface area (Å²) in [6.45, 7) is -3.15. The van der Waals surface area contributed by atoms with E-state index in [2.05, 4.69) is 0 Å². The van der Waals surface area contributed by atoms with Crippen LogP contribution in [-0.4, -0.2) is 47.8 Å². The molecule has 0 aliphatic carbocycles. The van der Waals surface area contributed by atoms with Gasteiger partial charge in [-0.2, -0.15) is 13.2 Å². The lowest BCUT2D eigenvalue weighted by Gasteiger charge is -2.24. The van der Waals surface area contributed by atoms with Gasteiger partial charge in [-0.1, -0.05) is 30.3 Å². The lowest BCUT2D eigenvalue weighted by Crippen LogP contribution is -2.40. The molecular weight excluding hydrogens is 425 g/mol. The molecule has 0 radical (unpaired) electrons. The summed E-state index contributed by atoms with van der Waals surface area (Å²) in [6.07, 6.45) is -4.68. The number of fused-ring (bicyclic) bond motifs is 1. The molecule has 9 nitrogen and oxygen atoms in total. The van der Waals surface area contributed by atoms with E-state index in [1.165, 1.54) is 0 Å². The minimum absolute atomic E-state index is 0.0542. The molecule has 0 N–H and O–H groups in total. The number of hydrogen-bond donors (Lipinski definition) is 0. The first-order valence-electron chi connectivity index (χ1n) is 8.77. The molecule has 3 rings (SSSR count).